The summed E-state index contributed by atoms with van der Waals surface area (Å²) in [6.45, 7) is 0. The van der Waals surface area contributed by atoms with Crippen molar-refractivity contribution in [3.05, 3.63) is 137 Å². The Morgan fingerprint density at radius 1 is 0.909 bits per heavy atom. The number of aromatic nitrogens is 5. The molecule has 0 radical (unpaired) electrons. The Labute approximate surface area is 251 Å². The molecule has 1 atom stereocenters. The summed E-state index contributed by atoms with van der Waals surface area (Å²) in [4.78, 5) is 39.9. The van der Waals surface area contributed by atoms with E-state index < -0.39 is 29.6 Å². The SMILES string of the molecule is Cn1nccc1C(=O)NC(C(=O)Nc1ccc(-c2cn(C)c(=O)c3[nH]ncc23)c(F)c1)C(c1ccccc1)c1ccccc1. The van der Waals surface area contributed by atoms with Crippen LogP contribution in [0.5, 0.6) is 0 Å². The monoisotopic (exact) mass is 589 g/mol. The second-order valence-corrected chi connectivity index (χ2v) is 10.4. The predicted molar refractivity (Wildman–Crippen MR) is 165 cm³/mol. The lowest BCUT2D eigenvalue weighted by molar-refractivity contribution is -0.118. The van der Waals surface area contributed by atoms with E-state index in [1.807, 2.05) is 60.7 Å². The molecule has 0 saturated carbocycles. The summed E-state index contributed by atoms with van der Waals surface area (Å²) >= 11 is 0. The van der Waals surface area contributed by atoms with Crippen LogP contribution in [0, 0.1) is 5.82 Å². The van der Waals surface area contributed by atoms with Gasteiger partial charge in [0.1, 0.15) is 23.1 Å². The molecule has 3 aromatic carbocycles. The first-order chi connectivity index (χ1) is 21.3. The third-order valence-electron chi connectivity index (χ3n) is 7.59. The number of carbonyl (C=O) groups is 2. The van der Waals surface area contributed by atoms with E-state index in [9.17, 15) is 14.4 Å². The predicted octanol–water partition coefficient (Wildman–Crippen LogP) is 4.37. The highest BCUT2D eigenvalue weighted by atomic mass is 19.1. The van der Waals surface area contributed by atoms with Crippen LogP contribution < -0.4 is 16.2 Å². The molecule has 11 heteroatoms. The van der Waals surface area contributed by atoms with Crippen molar-refractivity contribution in [1.29, 1.82) is 0 Å². The van der Waals surface area contributed by atoms with Gasteiger partial charge < -0.3 is 15.2 Å². The number of carbonyl (C=O) groups excluding carboxylic acids is 2. The average Bonchev–Trinajstić information content (AvgIpc) is 3.70. The molecular weight excluding hydrogens is 561 g/mol. The van der Waals surface area contributed by atoms with Crippen molar-refractivity contribution in [3.63, 3.8) is 0 Å². The first-order valence-corrected chi connectivity index (χ1v) is 13.8. The van der Waals surface area contributed by atoms with Crippen LogP contribution in [0.15, 0.2) is 108 Å². The quantitative estimate of drug-likeness (QED) is 0.243. The number of benzene rings is 3. The number of H-pyrrole nitrogens is 1. The molecule has 0 aliphatic rings. The Bertz CT molecular complexity index is 1990. The van der Waals surface area contributed by atoms with Crippen LogP contribution in [-0.4, -0.2) is 42.4 Å². The van der Waals surface area contributed by atoms with Crippen LogP contribution in [0.3, 0.4) is 0 Å². The fourth-order valence-corrected chi connectivity index (χ4v) is 5.41. The molecule has 2 amide bonds. The summed E-state index contributed by atoms with van der Waals surface area (Å²) in [6.07, 6.45) is 4.53. The van der Waals surface area contributed by atoms with Gasteiger partial charge in [0.05, 0.1) is 6.20 Å². The van der Waals surface area contributed by atoms with E-state index in [0.29, 0.717) is 10.9 Å². The summed E-state index contributed by atoms with van der Waals surface area (Å²) in [5, 5.41) is 16.9. The number of hydrogen-bond donors (Lipinski definition) is 3. The number of pyridine rings is 1. The van der Waals surface area contributed by atoms with Gasteiger partial charge in [0.25, 0.3) is 11.5 Å². The van der Waals surface area contributed by atoms with Crippen molar-refractivity contribution in [2.75, 3.05) is 5.32 Å². The number of aryl methyl sites for hydroxylation is 2. The van der Waals surface area contributed by atoms with E-state index in [2.05, 4.69) is 25.9 Å². The van der Waals surface area contributed by atoms with E-state index in [4.69, 9.17) is 0 Å². The number of amides is 2. The summed E-state index contributed by atoms with van der Waals surface area (Å²) in [5.41, 5.74) is 2.79. The Balaban J connectivity index is 1.37. The van der Waals surface area contributed by atoms with Crippen LogP contribution in [-0.2, 0) is 18.9 Å². The van der Waals surface area contributed by atoms with Gasteiger partial charge in [-0.25, -0.2) is 4.39 Å². The number of nitrogens with one attached hydrogen (secondary N) is 3. The molecule has 6 aromatic rings. The van der Waals surface area contributed by atoms with Crippen molar-refractivity contribution >= 4 is 28.4 Å². The third-order valence-corrected chi connectivity index (χ3v) is 7.59. The van der Waals surface area contributed by atoms with Gasteiger partial charge in [-0.15, -0.1) is 0 Å². The van der Waals surface area contributed by atoms with E-state index in [1.165, 1.54) is 33.8 Å². The highest BCUT2D eigenvalue weighted by molar-refractivity contribution is 6.02. The number of nitrogens with zero attached hydrogens (tertiary/aromatic N) is 4. The van der Waals surface area contributed by atoms with Crippen LogP contribution >= 0.6 is 0 Å². The fourth-order valence-electron chi connectivity index (χ4n) is 5.41. The minimum absolute atomic E-state index is 0.198. The van der Waals surface area contributed by atoms with Crippen molar-refractivity contribution in [2.45, 2.75) is 12.0 Å². The summed E-state index contributed by atoms with van der Waals surface area (Å²) in [5.74, 6) is -2.20. The smallest absolute Gasteiger partial charge is 0.276 e. The van der Waals surface area contributed by atoms with E-state index in [-0.39, 0.29) is 28.0 Å². The lowest BCUT2D eigenvalue weighted by atomic mass is 9.84. The molecule has 3 heterocycles. The van der Waals surface area contributed by atoms with Crippen LogP contribution in [0.1, 0.15) is 27.5 Å². The van der Waals surface area contributed by atoms with Crippen LogP contribution in [0.2, 0.25) is 0 Å². The summed E-state index contributed by atoms with van der Waals surface area (Å²) in [7, 11) is 3.22. The molecule has 6 rings (SSSR count). The molecule has 0 aliphatic heterocycles. The maximum atomic E-state index is 15.6. The molecular formula is C33H28FN7O3. The third kappa shape index (κ3) is 5.38. The van der Waals surface area contributed by atoms with Gasteiger partial charge >= 0.3 is 0 Å². The number of anilines is 1. The second-order valence-electron chi connectivity index (χ2n) is 10.4. The number of fused-ring (bicyclic) bond motifs is 1. The zero-order valence-corrected chi connectivity index (χ0v) is 23.9. The van der Waals surface area contributed by atoms with Gasteiger partial charge in [-0.05, 0) is 35.4 Å². The van der Waals surface area contributed by atoms with Gasteiger partial charge in [-0.1, -0.05) is 60.7 Å². The highest BCUT2D eigenvalue weighted by Gasteiger charge is 2.33. The van der Waals surface area contributed by atoms with E-state index >= 15 is 4.39 Å². The normalized spacial score (nSPS) is 11.9. The Morgan fingerprint density at radius 2 is 1.59 bits per heavy atom. The first-order valence-electron chi connectivity index (χ1n) is 13.8. The number of hydrogen-bond acceptors (Lipinski definition) is 5. The van der Waals surface area contributed by atoms with E-state index in [0.717, 1.165) is 11.1 Å². The van der Waals surface area contributed by atoms with Gasteiger partial charge in [-0.3, -0.25) is 24.2 Å². The number of aromatic amines is 1. The number of rotatable bonds is 8. The zero-order chi connectivity index (χ0) is 30.8. The molecule has 10 nitrogen and oxygen atoms in total. The van der Waals surface area contributed by atoms with Crippen molar-refractivity contribution in [3.8, 4) is 11.1 Å². The van der Waals surface area contributed by atoms with Gasteiger partial charge in [0.15, 0.2) is 0 Å². The summed E-state index contributed by atoms with van der Waals surface area (Å²) < 4.78 is 18.4. The maximum Gasteiger partial charge on any atom is 0.276 e. The minimum atomic E-state index is -1.08. The minimum Gasteiger partial charge on any atom is -0.338 e. The van der Waals surface area contributed by atoms with Crippen molar-refractivity contribution < 1.29 is 14.0 Å². The number of halogens is 1. The average molecular weight is 590 g/mol. The molecule has 220 valence electrons. The van der Waals surface area contributed by atoms with Gasteiger partial charge in [0.2, 0.25) is 5.91 Å². The van der Waals surface area contributed by atoms with Crippen LogP contribution in [0.25, 0.3) is 22.0 Å². The van der Waals surface area contributed by atoms with Crippen molar-refractivity contribution in [2.24, 2.45) is 14.1 Å². The first kappa shape index (κ1) is 28.3. The topological polar surface area (TPSA) is 127 Å². The fraction of sp³-hybridized carbons (Fsp3) is 0.121. The Morgan fingerprint density at radius 3 is 2.20 bits per heavy atom. The molecule has 0 aliphatic carbocycles. The molecule has 3 aromatic heterocycles. The Kier molecular flexibility index (Phi) is 7.59. The summed E-state index contributed by atoms with van der Waals surface area (Å²) in [6, 6.07) is 23.6. The van der Waals surface area contributed by atoms with Gasteiger partial charge in [-0.2, -0.15) is 10.2 Å². The van der Waals surface area contributed by atoms with Gasteiger partial charge in [0, 0.05) is 54.6 Å². The zero-order valence-electron chi connectivity index (χ0n) is 23.9. The molecule has 0 saturated heterocycles. The molecule has 0 bridgehead atoms. The van der Waals surface area contributed by atoms with E-state index in [1.54, 1.807) is 32.4 Å². The largest absolute Gasteiger partial charge is 0.338 e. The Hall–Kier alpha value is -5.84. The lowest BCUT2D eigenvalue weighted by Crippen LogP contribution is -2.48. The molecule has 3 N–H and O–H groups in total. The molecule has 0 spiro atoms. The second kappa shape index (κ2) is 11.8. The molecule has 0 fully saturated rings. The van der Waals surface area contributed by atoms with Crippen LogP contribution in [0.4, 0.5) is 10.1 Å². The lowest BCUT2D eigenvalue weighted by Gasteiger charge is -2.28. The molecule has 1 unspecified atom stereocenters. The molecule has 44 heavy (non-hydrogen) atoms. The highest BCUT2D eigenvalue weighted by Crippen LogP contribution is 2.32. The standard InChI is InChI=1S/C33H28FN7O3/c1-40-19-25(24-18-35-39-29(24)33(40)44)23-14-13-22(17-26(23)34)37-32(43)30(38-31(42)27-15-16-36-41(27)2)28(20-9-5-3-6-10-20)21-11-7-4-8-12-21/h3-19,28,30H,1-2H3,(H,35,39)(H,37,43)(H,38,42). The van der Waals surface area contributed by atoms with Crippen molar-refractivity contribution in [1.82, 2.24) is 29.9 Å². The maximum absolute atomic E-state index is 15.6.